The van der Waals surface area contributed by atoms with Crippen molar-refractivity contribution in [3.05, 3.63) is 35.5 Å². The van der Waals surface area contributed by atoms with E-state index in [2.05, 4.69) is 15.1 Å². The smallest absolute Gasteiger partial charge is 0.356 e. The van der Waals surface area contributed by atoms with Crippen molar-refractivity contribution in [2.75, 3.05) is 0 Å². The van der Waals surface area contributed by atoms with E-state index >= 15 is 0 Å². The van der Waals surface area contributed by atoms with Crippen molar-refractivity contribution in [2.45, 2.75) is 20.3 Å². The van der Waals surface area contributed by atoms with Gasteiger partial charge in [0.2, 0.25) is 0 Å². The molecule has 0 amide bonds. The monoisotopic (exact) mass is 232 g/mol. The van der Waals surface area contributed by atoms with E-state index in [9.17, 15) is 4.79 Å². The first-order chi connectivity index (χ1) is 8.10. The number of carboxylic acid groups (broad SMARTS) is 1. The lowest BCUT2D eigenvalue weighted by Gasteiger charge is -2.04. The predicted octanol–water partition coefficient (Wildman–Crippen LogP) is 1.23. The highest BCUT2D eigenvalue weighted by Gasteiger charge is 2.09. The standard InChI is InChI=1S/C11H12N4O2/c1-3-8-6-10(13-7(2)12-8)15-5-4-9(14-15)11(16)17/h4-6H,3H2,1-2H3,(H,16,17). The Labute approximate surface area is 98.0 Å². The molecular formula is C11H12N4O2. The first kappa shape index (κ1) is 11.3. The van der Waals surface area contributed by atoms with E-state index in [-0.39, 0.29) is 5.69 Å². The zero-order valence-corrected chi connectivity index (χ0v) is 9.58. The van der Waals surface area contributed by atoms with Crippen LogP contribution in [-0.2, 0) is 6.42 Å². The second kappa shape index (κ2) is 4.32. The number of carbonyl (C=O) groups is 1. The van der Waals surface area contributed by atoms with Gasteiger partial charge in [0.1, 0.15) is 5.82 Å². The molecule has 0 saturated heterocycles. The molecule has 0 radical (unpaired) electrons. The highest BCUT2D eigenvalue weighted by atomic mass is 16.4. The molecule has 0 spiro atoms. The average molecular weight is 232 g/mol. The van der Waals surface area contributed by atoms with E-state index in [1.807, 2.05) is 6.92 Å². The summed E-state index contributed by atoms with van der Waals surface area (Å²) in [5.74, 6) is 0.179. The van der Waals surface area contributed by atoms with Gasteiger partial charge in [-0.2, -0.15) is 5.10 Å². The number of aromatic nitrogens is 4. The van der Waals surface area contributed by atoms with Crippen LogP contribution in [-0.4, -0.2) is 30.8 Å². The van der Waals surface area contributed by atoms with Crippen LogP contribution in [0.4, 0.5) is 0 Å². The van der Waals surface area contributed by atoms with Crippen LogP contribution >= 0.6 is 0 Å². The number of carboxylic acids is 1. The fourth-order valence-electron chi connectivity index (χ4n) is 1.48. The first-order valence-corrected chi connectivity index (χ1v) is 5.24. The molecule has 2 aromatic rings. The Bertz CT molecular complexity index is 562. The van der Waals surface area contributed by atoms with Crippen molar-refractivity contribution in [2.24, 2.45) is 0 Å². The minimum absolute atomic E-state index is 0.000635. The maximum atomic E-state index is 10.7. The Morgan fingerprint density at radius 1 is 1.47 bits per heavy atom. The van der Waals surface area contributed by atoms with Crippen molar-refractivity contribution in [3.8, 4) is 5.82 Å². The highest BCUT2D eigenvalue weighted by molar-refractivity contribution is 5.85. The first-order valence-electron chi connectivity index (χ1n) is 5.24. The van der Waals surface area contributed by atoms with Gasteiger partial charge in [-0.1, -0.05) is 6.92 Å². The summed E-state index contributed by atoms with van der Waals surface area (Å²) in [5, 5.41) is 12.7. The van der Waals surface area contributed by atoms with Gasteiger partial charge < -0.3 is 5.11 Å². The molecule has 0 atom stereocenters. The zero-order valence-electron chi connectivity index (χ0n) is 9.58. The summed E-state index contributed by atoms with van der Waals surface area (Å²) in [6.07, 6.45) is 2.37. The van der Waals surface area contributed by atoms with Gasteiger partial charge in [0, 0.05) is 18.0 Å². The number of hydrogen-bond acceptors (Lipinski definition) is 4. The van der Waals surface area contributed by atoms with Crippen LogP contribution in [0.5, 0.6) is 0 Å². The maximum absolute atomic E-state index is 10.7. The number of aromatic carboxylic acids is 1. The van der Waals surface area contributed by atoms with Crippen LogP contribution in [0, 0.1) is 6.92 Å². The largest absolute Gasteiger partial charge is 0.476 e. The molecular weight excluding hydrogens is 220 g/mol. The fraction of sp³-hybridized carbons (Fsp3) is 0.273. The summed E-state index contributed by atoms with van der Waals surface area (Å²) in [4.78, 5) is 19.2. The highest BCUT2D eigenvalue weighted by Crippen LogP contribution is 2.08. The molecule has 2 aromatic heterocycles. The summed E-state index contributed by atoms with van der Waals surface area (Å²) in [6, 6.07) is 3.23. The Kier molecular flexibility index (Phi) is 2.86. The maximum Gasteiger partial charge on any atom is 0.356 e. The molecule has 2 rings (SSSR count). The lowest BCUT2D eigenvalue weighted by molar-refractivity contribution is 0.0690. The van der Waals surface area contributed by atoms with E-state index in [1.54, 1.807) is 19.2 Å². The molecule has 0 aromatic carbocycles. The summed E-state index contributed by atoms with van der Waals surface area (Å²) in [6.45, 7) is 3.79. The molecule has 0 unspecified atom stereocenters. The Morgan fingerprint density at radius 2 is 2.24 bits per heavy atom. The van der Waals surface area contributed by atoms with Crippen LogP contribution in [0.25, 0.3) is 5.82 Å². The lowest BCUT2D eigenvalue weighted by Crippen LogP contribution is -2.05. The summed E-state index contributed by atoms with van der Waals surface area (Å²) < 4.78 is 1.44. The average Bonchev–Trinajstić information content (AvgIpc) is 2.77. The minimum atomic E-state index is -1.05. The predicted molar refractivity (Wildman–Crippen MR) is 60.2 cm³/mol. The van der Waals surface area contributed by atoms with Gasteiger partial charge in [0.15, 0.2) is 11.5 Å². The van der Waals surface area contributed by atoms with Gasteiger partial charge in [0.05, 0.1) is 0 Å². The van der Waals surface area contributed by atoms with Gasteiger partial charge in [-0.25, -0.2) is 19.4 Å². The summed E-state index contributed by atoms with van der Waals surface area (Å²) in [5.41, 5.74) is 0.902. The van der Waals surface area contributed by atoms with Gasteiger partial charge in [-0.15, -0.1) is 0 Å². The van der Waals surface area contributed by atoms with Gasteiger partial charge >= 0.3 is 5.97 Å². The molecule has 1 N–H and O–H groups in total. The van der Waals surface area contributed by atoms with Crippen LogP contribution in [0.15, 0.2) is 18.3 Å². The second-order valence-corrected chi connectivity index (χ2v) is 3.57. The minimum Gasteiger partial charge on any atom is -0.476 e. The number of nitrogens with zero attached hydrogens (tertiary/aromatic N) is 4. The Morgan fingerprint density at radius 3 is 2.82 bits per heavy atom. The number of hydrogen-bond donors (Lipinski definition) is 1. The number of rotatable bonds is 3. The third-order valence-electron chi connectivity index (χ3n) is 2.28. The fourth-order valence-corrected chi connectivity index (χ4v) is 1.48. The topological polar surface area (TPSA) is 80.9 Å². The SMILES string of the molecule is CCc1cc(-n2ccc(C(=O)O)n2)nc(C)n1. The van der Waals surface area contributed by atoms with Crippen molar-refractivity contribution in [3.63, 3.8) is 0 Å². The van der Waals surface area contributed by atoms with E-state index < -0.39 is 5.97 Å². The van der Waals surface area contributed by atoms with Crippen molar-refractivity contribution in [1.82, 2.24) is 19.7 Å². The van der Waals surface area contributed by atoms with Gasteiger partial charge in [-0.05, 0) is 19.4 Å². The van der Waals surface area contributed by atoms with Crippen LogP contribution in [0.1, 0.15) is 28.9 Å². The molecule has 2 heterocycles. The summed E-state index contributed by atoms with van der Waals surface area (Å²) in [7, 11) is 0. The molecule has 0 aliphatic rings. The normalized spacial score (nSPS) is 10.5. The molecule has 0 aliphatic heterocycles. The molecule has 0 saturated carbocycles. The van der Waals surface area contributed by atoms with Crippen LogP contribution in [0.2, 0.25) is 0 Å². The zero-order chi connectivity index (χ0) is 12.4. The van der Waals surface area contributed by atoms with Crippen molar-refractivity contribution < 1.29 is 9.90 Å². The van der Waals surface area contributed by atoms with Crippen LogP contribution in [0.3, 0.4) is 0 Å². The van der Waals surface area contributed by atoms with E-state index in [1.165, 1.54) is 10.7 Å². The van der Waals surface area contributed by atoms with E-state index in [0.29, 0.717) is 11.6 Å². The lowest BCUT2D eigenvalue weighted by atomic mass is 10.3. The van der Waals surface area contributed by atoms with Crippen molar-refractivity contribution in [1.29, 1.82) is 0 Å². The second-order valence-electron chi connectivity index (χ2n) is 3.57. The molecule has 6 nitrogen and oxygen atoms in total. The molecule has 17 heavy (non-hydrogen) atoms. The quantitative estimate of drug-likeness (QED) is 0.860. The van der Waals surface area contributed by atoms with Gasteiger partial charge in [-0.3, -0.25) is 0 Å². The van der Waals surface area contributed by atoms with E-state index in [4.69, 9.17) is 5.11 Å². The van der Waals surface area contributed by atoms with Crippen molar-refractivity contribution >= 4 is 5.97 Å². The molecule has 88 valence electrons. The Balaban J connectivity index is 2.44. The molecule has 6 heteroatoms. The third kappa shape index (κ3) is 2.30. The number of aryl methyl sites for hydroxylation is 2. The Hall–Kier alpha value is -2.24. The van der Waals surface area contributed by atoms with Gasteiger partial charge in [0.25, 0.3) is 0 Å². The molecule has 0 bridgehead atoms. The van der Waals surface area contributed by atoms with E-state index in [0.717, 1.165) is 12.1 Å². The molecule has 0 aliphatic carbocycles. The molecule has 0 fully saturated rings. The van der Waals surface area contributed by atoms with Crippen LogP contribution < -0.4 is 0 Å². The third-order valence-corrected chi connectivity index (χ3v) is 2.28. The summed E-state index contributed by atoms with van der Waals surface area (Å²) >= 11 is 0.